The second-order valence-corrected chi connectivity index (χ2v) is 4.78. The highest BCUT2D eigenvalue weighted by molar-refractivity contribution is 7.92. The van der Waals surface area contributed by atoms with Crippen molar-refractivity contribution >= 4 is 16.0 Å². The van der Waals surface area contributed by atoms with Crippen LogP contribution >= 0.6 is 0 Å². The van der Waals surface area contributed by atoms with E-state index in [1.165, 1.54) is 13.1 Å². The van der Waals surface area contributed by atoms with Crippen molar-refractivity contribution in [3.63, 3.8) is 0 Å². The first-order valence-corrected chi connectivity index (χ1v) is 5.91. The summed E-state index contributed by atoms with van der Waals surface area (Å²) >= 11 is 0. The number of anilines is 1. The third-order valence-electron chi connectivity index (χ3n) is 1.80. The molecule has 0 aliphatic rings. The van der Waals surface area contributed by atoms with Crippen LogP contribution in [0.15, 0.2) is 28.0 Å². The molecule has 0 bridgehead atoms. The molecule has 0 unspecified atom stereocenters. The highest BCUT2D eigenvalue weighted by Crippen LogP contribution is 2.08. The lowest BCUT2D eigenvalue weighted by Crippen LogP contribution is -2.16. The normalized spacial score (nSPS) is 11.4. The van der Waals surface area contributed by atoms with E-state index in [1.807, 2.05) is 0 Å². The van der Waals surface area contributed by atoms with E-state index >= 15 is 0 Å². The van der Waals surface area contributed by atoms with Gasteiger partial charge in [0.15, 0.2) is 0 Å². The van der Waals surface area contributed by atoms with E-state index in [4.69, 9.17) is 0 Å². The van der Waals surface area contributed by atoms with E-state index in [0.29, 0.717) is 0 Å². The molecule has 2 rings (SSSR count). The summed E-state index contributed by atoms with van der Waals surface area (Å²) < 4.78 is 25.7. The van der Waals surface area contributed by atoms with E-state index < -0.39 is 10.0 Å². The van der Waals surface area contributed by atoms with Crippen LogP contribution in [0.4, 0.5) is 5.95 Å². The second-order valence-electron chi connectivity index (χ2n) is 3.10. The third kappa shape index (κ3) is 2.47. The van der Waals surface area contributed by atoms with Gasteiger partial charge in [0.05, 0.1) is 7.05 Å². The van der Waals surface area contributed by atoms with Crippen LogP contribution in [0.1, 0.15) is 0 Å². The molecule has 0 aliphatic carbocycles. The average molecular weight is 256 g/mol. The zero-order valence-corrected chi connectivity index (χ0v) is 9.47. The van der Waals surface area contributed by atoms with Gasteiger partial charge in [0.2, 0.25) is 5.56 Å². The molecule has 2 aromatic heterocycles. The molecular formula is C7H8N6O3S. The van der Waals surface area contributed by atoms with Crippen LogP contribution in [-0.2, 0) is 17.1 Å². The molecule has 0 radical (unpaired) electrons. The number of sulfonamides is 1. The van der Waals surface area contributed by atoms with Gasteiger partial charge in [-0.15, -0.1) is 5.10 Å². The van der Waals surface area contributed by atoms with E-state index in [2.05, 4.69) is 25.1 Å². The van der Waals surface area contributed by atoms with Gasteiger partial charge in [-0.25, -0.2) is 13.1 Å². The fraction of sp³-hybridized carbons (Fsp3) is 0.143. The number of hydrogen-bond donors (Lipinski definition) is 2. The number of H-pyrrole nitrogens is 1. The van der Waals surface area contributed by atoms with Crippen molar-refractivity contribution in [2.45, 2.75) is 4.90 Å². The molecule has 0 aromatic carbocycles. The Kier molecular flexibility index (Phi) is 2.63. The highest BCUT2D eigenvalue weighted by Gasteiger charge is 2.16. The molecule has 0 aliphatic heterocycles. The molecular weight excluding hydrogens is 248 g/mol. The fourth-order valence-corrected chi connectivity index (χ4v) is 1.97. The predicted octanol–water partition coefficient (Wildman–Crippen LogP) is -1.30. The minimum atomic E-state index is -3.82. The largest absolute Gasteiger partial charge is 0.328 e. The molecule has 17 heavy (non-hydrogen) atoms. The molecule has 0 saturated heterocycles. The van der Waals surface area contributed by atoms with E-state index in [-0.39, 0.29) is 16.4 Å². The molecule has 2 aromatic rings. The first-order valence-electron chi connectivity index (χ1n) is 4.43. The number of aryl methyl sites for hydroxylation is 1. The van der Waals surface area contributed by atoms with Crippen LogP contribution in [0, 0.1) is 0 Å². The van der Waals surface area contributed by atoms with Crippen LogP contribution in [-0.4, -0.2) is 33.6 Å². The quantitative estimate of drug-likeness (QED) is 0.703. The van der Waals surface area contributed by atoms with E-state index in [9.17, 15) is 13.2 Å². The summed E-state index contributed by atoms with van der Waals surface area (Å²) in [4.78, 5) is 14.1. The van der Waals surface area contributed by atoms with E-state index in [0.717, 1.165) is 17.1 Å². The van der Waals surface area contributed by atoms with Gasteiger partial charge in [0.25, 0.3) is 16.0 Å². The monoisotopic (exact) mass is 256 g/mol. The Hall–Kier alpha value is -2.23. The van der Waals surface area contributed by atoms with Crippen LogP contribution < -0.4 is 10.3 Å². The maximum Gasteiger partial charge on any atom is 0.277 e. The van der Waals surface area contributed by atoms with Crippen molar-refractivity contribution in [1.82, 2.24) is 25.2 Å². The number of aromatic nitrogens is 5. The van der Waals surface area contributed by atoms with Gasteiger partial charge in [-0.3, -0.25) is 4.79 Å². The Bertz CT molecular complexity index is 667. The summed E-state index contributed by atoms with van der Waals surface area (Å²) in [6.45, 7) is 0. The van der Waals surface area contributed by atoms with Gasteiger partial charge in [0, 0.05) is 12.3 Å². The Morgan fingerprint density at radius 3 is 2.71 bits per heavy atom. The van der Waals surface area contributed by atoms with E-state index in [1.54, 1.807) is 0 Å². The summed E-state index contributed by atoms with van der Waals surface area (Å²) in [6.07, 6.45) is 1.08. The summed E-state index contributed by atoms with van der Waals surface area (Å²) in [5, 5.41) is 10.6. The Labute approximate surface area is 95.5 Å². The summed E-state index contributed by atoms with van der Waals surface area (Å²) in [6, 6.07) is 2.29. The van der Waals surface area contributed by atoms with Crippen LogP contribution in [0.25, 0.3) is 0 Å². The molecule has 0 fully saturated rings. The van der Waals surface area contributed by atoms with Crippen molar-refractivity contribution < 1.29 is 8.42 Å². The fourth-order valence-electron chi connectivity index (χ4n) is 1.07. The molecule has 10 heteroatoms. The zero-order chi connectivity index (χ0) is 12.5. The number of nitrogens with one attached hydrogen (secondary N) is 2. The smallest absolute Gasteiger partial charge is 0.277 e. The summed E-state index contributed by atoms with van der Waals surface area (Å²) in [5.74, 6) is -0.140. The molecule has 0 spiro atoms. The summed E-state index contributed by atoms with van der Waals surface area (Å²) in [7, 11) is -2.31. The molecule has 0 amide bonds. The van der Waals surface area contributed by atoms with Gasteiger partial charge in [0.1, 0.15) is 4.90 Å². The number of tetrazole rings is 1. The number of hydrogen-bond acceptors (Lipinski definition) is 6. The van der Waals surface area contributed by atoms with Crippen molar-refractivity contribution in [1.29, 1.82) is 0 Å². The maximum atomic E-state index is 11.8. The highest BCUT2D eigenvalue weighted by atomic mass is 32.2. The molecule has 0 saturated carbocycles. The first-order chi connectivity index (χ1) is 7.97. The number of pyridine rings is 1. The van der Waals surface area contributed by atoms with Crippen LogP contribution in [0.3, 0.4) is 0 Å². The van der Waals surface area contributed by atoms with Crippen molar-refractivity contribution in [3.8, 4) is 0 Å². The molecule has 2 heterocycles. The lowest BCUT2D eigenvalue weighted by molar-refractivity contribution is 0.600. The number of rotatable bonds is 3. The maximum absolute atomic E-state index is 11.8. The average Bonchev–Trinajstić information content (AvgIpc) is 2.63. The standard InChI is InChI=1S/C7H8N6O3S/c1-13-10-7(9-12-13)11-17(15,16)5-2-3-6(14)8-4-5/h2-4H,1H3,(H,8,14)(H,10,11). The van der Waals surface area contributed by atoms with Crippen molar-refractivity contribution in [2.75, 3.05) is 4.72 Å². The second kappa shape index (κ2) is 3.97. The third-order valence-corrected chi connectivity index (χ3v) is 3.13. The van der Waals surface area contributed by atoms with Gasteiger partial charge in [-0.2, -0.15) is 4.80 Å². The number of aromatic amines is 1. The predicted molar refractivity (Wildman–Crippen MR) is 56.7 cm³/mol. The Balaban J connectivity index is 2.31. The topological polar surface area (TPSA) is 123 Å². The lowest BCUT2D eigenvalue weighted by Gasteiger charge is -2.02. The van der Waals surface area contributed by atoms with Gasteiger partial charge in [-0.1, -0.05) is 5.10 Å². The van der Waals surface area contributed by atoms with Gasteiger partial charge >= 0.3 is 0 Å². The Morgan fingerprint density at radius 1 is 1.41 bits per heavy atom. The molecule has 2 N–H and O–H groups in total. The Morgan fingerprint density at radius 2 is 2.18 bits per heavy atom. The minimum absolute atomic E-state index is 0.0930. The number of nitrogens with zero attached hydrogens (tertiary/aromatic N) is 4. The van der Waals surface area contributed by atoms with Crippen LogP contribution in [0.2, 0.25) is 0 Å². The van der Waals surface area contributed by atoms with Crippen LogP contribution in [0.5, 0.6) is 0 Å². The first kappa shape index (κ1) is 11.3. The van der Waals surface area contributed by atoms with Gasteiger partial charge < -0.3 is 4.98 Å². The minimum Gasteiger partial charge on any atom is -0.328 e. The van der Waals surface area contributed by atoms with Gasteiger partial charge in [-0.05, 0) is 11.3 Å². The molecule has 90 valence electrons. The molecule has 0 atom stereocenters. The zero-order valence-electron chi connectivity index (χ0n) is 8.65. The summed E-state index contributed by atoms with van der Waals surface area (Å²) in [5.41, 5.74) is -0.387. The van der Waals surface area contributed by atoms with Crippen molar-refractivity contribution in [3.05, 3.63) is 28.7 Å². The SMILES string of the molecule is Cn1nnc(NS(=O)(=O)c2ccc(=O)[nH]c2)n1. The lowest BCUT2D eigenvalue weighted by atomic mass is 10.5. The van der Waals surface area contributed by atoms with Crippen molar-refractivity contribution in [2.24, 2.45) is 7.05 Å². The molecule has 9 nitrogen and oxygen atoms in total.